The molecule has 1 aromatic carbocycles. The fraction of sp³-hybridized carbons (Fsp3) is 0.571. The van der Waals surface area contributed by atoms with Crippen molar-refractivity contribution in [3.8, 4) is 0 Å². The lowest BCUT2D eigenvalue weighted by molar-refractivity contribution is 0.108. The monoisotopic (exact) mass is 255 g/mol. The molecule has 1 atom stereocenters. The van der Waals surface area contributed by atoms with E-state index in [9.17, 15) is 5.11 Å². The van der Waals surface area contributed by atoms with Gasteiger partial charge in [0, 0.05) is 17.0 Å². The Bertz CT molecular complexity index is 348. The Kier molecular flexibility index (Phi) is 5.44. The molecule has 1 aromatic rings. The highest BCUT2D eigenvalue weighted by atomic mass is 35.5. The number of hydrogen-bond donors (Lipinski definition) is 2. The van der Waals surface area contributed by atoms with Crippen LogP contribution in [0.15, 0.2) is 24.3 Å². The van der Waals surface area contributed by atoms with Crippen molar-refractivity contribution in [1.82, 2.24) is 0 Å². The minimum absolute atomic E-state index is 0.104. The number of benzene rings is 1. The van der Waals surface area contributed by atoms with E-state index in [0.29, 0.717) is 12.5 Å². The smallest absolute Gasteiger partial charge is 0.0502 e. The van der Waals surface area contributed by atoms with Gasteiger partial charge in [-0.15, -0.1) is 0 Å². The van der Waals surface area contributed by atoms with Crippen LogP contribution in [-0.4, -0.2) is 18.3 Å². The third-order valence-electron chi connectivity index (χ3n) is 3.13. The van der Waals surface area contributed by atoms with Gasteiger partial charge in [-0.25, -0.2) is 0 Å². The Balaban J connectivity index is 2.90. The fourth-order valence-electron chi connectivity index (χ4n) is 2.32. The first-order chi connectivity index (χ1) is 8.03. The van der Waals surface area contributed by atoms with Crippen LogP contribution in [-0.2, 0) is 6.42 Å². The molecule has 0 spiro atoms. The third kappa shape index (κ3) is 3.98. The number of halogens is 1. The average Bonchev–Trinajstić information content (AvgIpc) is 2.30. The van der Waals surface area contributed by atoms with Gasteiger partial charge < -0.3 is 10.8 Å². The quantitative estimate of drug-likeness (QED) is 0.821. The van der Waals surface area contributed by atoms with Crippen LogP contribution in [0.1, 0.15) is 25.8 Å². The molecule has 0 saturated carbocycles. The Morgan fingerprint density at radius 2 is 2.00 bits per heavy atom. The van der Waals surface area contributed by atoms with Gasteiger partial charge in [0.25, 0.3) is 0 Å². The van der Waals surface area contributed by atoms with Crippen LogP contribution in [0.25, 0.3) is 0 Å². The topological polar surface area (TPSA) is 46.2 Å². The van der Waals surface area contributed by atoms with E-state index in [1.807, 2.05) is 24.3 Å². The van der Waals surface area contributed by atoms with E-state index in [4.69, 9.17) is 17.3 Å². The second-order valence-electron chi connectivity index (χ2n) is 5.23. The van der Waals surface area contributed by atoms with Crippen LogP contribution in [0.5, 0.6) is 0 Å². The van der Waals surface area contributed by atoms with Crippen LogP contribution in [0.2, 0.25) is 5.02 Å². The van der Waals surface area contributed by atoms with Gasteiger partial charge in [-0.1, -0.05) is 43.6 Å². The molecule has 3 heteroatoms. The highest BCUT2D eigenvalue weighted by molar-refractivity contribution is 6.31. The van der Waals surface area contributed by atoms with Gasteiger partial charge in [-0.05, 0) is 30.4 Å². The summed E-state index contributed by atoms with van der Waals surface area (Å²) in [5.41, 5.74) is 6.67. The van der Waals surface area contributed by atoms with Crippen molar-refractivity contribution in [1.29, 1.82) is 0 Å². The van der Waals surface area contributed by atoms with Crippen molar-refractivity contribution < 1.29 is 5.11 Å². The van der Waals surface area contributed by atoms with Crippen molar-refractivity contribution in [2.45, 2.75) is 26.7 Å². The molecule has 0 aliphatic rings. The third-order valence-corrected chi connectivity index (χ3v) is 3.50. The number of aliphatic hydroxyl groups is 1. The van der Waals surface area contributed by atoms with Gasteiger partial charge in [0.1, 0.15) is 0 Å². The molecular formula is C14H22ClNO. The molecule has 2 nitrogen and oxygen atoms in total. The van der Waals surface area contributed by atoms with Gasteiger partial charge in [-0.3, -0.25) is 0 Å². The Hall–Kier alpha value is -0.570. The van der Waals surface area contributed by atoms with E-state index in [1.54, 1.807) is 0 Å². The van der Waals surface area contributed by atoms with Gasteiger partial charge in [0.05, 0.1) is 6.61 Å². The Morgan fingerprint density at radius 3 is 2.47 bits per heavy atom. The lowest BCUT2D eigenvalue weighted by Gasteiger charge is -2.32. The summed E-state index contributed by atoms with van der Waals surface area (Å²) in [6, 6.07) is 7.76. The molecule has 0 heterocycles. The number of hydrogen-bond acceptors (Lipinski definition) is 2. The maximum absolute atomic E-state index is 9.65. The summed E-state index contributed by atoms with van der Waals surface area (Å²) < 4.78 is 0. The number of aliphatic hydroxyl groups excluding tert-OH is 1. The molecule has 0 aliphatic carbocycles. The Labute approximate surface area is 109 Å². The van der Waals surface area contributed by atoms with Crippen molar-refractivity contribution in [2.24, 2.45) is 17.1 Å². The van der Waals surface area contributed by atoms with Gasteiger partial charge in [0.15, 0.2) is 0 Å². The van der Waals surface area contributed by atoms with Crippen molar-refractivity contribution in [3.05, 3.63) is 34.9 Å². The zero-order chi connectivity index (χ0) is 12.9. The van der Waals surface area contributed by atoms with Gasteiger partial charge >= 0.3 is 0 Å². The first-order valence-corrected chi connectivity index (χ1v) is 6.45. The lowest BCUT2D eigenvalue weighted by atomic mass is 9.76. The maximum Gasteiger partial charge on any atom is 0.0502 e. The molecule has 1 unspecified atom stereocenters. The largest absolute Gasteiger partial charge is 0.396 e. The van der Waals surface area contributed by atoms with Crippen molar-refractivity contribution >= 4 is 11.6 Å². The van der Waals surface area contributed by atoms with E-state index in [2.05, 4.69) is 13.8 Å². The van der Waals surface area contributed by atoms with Gasteiger partial charge in [-0.2, -0.15) is 0 Å². The summed E-state index contributed by atoms with van der Waals surface area (Å²) in [7, 11) is 0. The van der Waals surface area contributed by atoms with E-state index >= 15 is 0 Å². The predicted molar refractivity (Wildman–Crippen MR) is 73.2 cm³/mol. The van der Waals surface area contributed by atoms with Crippen LogP contribution >= 0.6 is 11.6 Å². The summed E-state index contributed by atoms with van der Waals surface area (Å²) in [4.78, 5) is 0. The summed E-state index contributed by atoms with van der Waals surface area (Å²) in [6.07, 6.45) is 1.64. The lowest BCUT2D eigenvalue weighted by Crippen LogP contribution is -2.37. The second kappa shape index (κ2) is 6.39. The summed E-state index contributed by atoms with van der Waals surface area (Å²) >= 11 is 6.16. The highest BCUT2D eigenvalue weighted by Crippen LogP contribution is 2.31. The minimum Gasteiger partial charge on any atom is -0.396 e. The van der Waals surface area contributed by atoms with Crippen LogP contribution < -0.4 is 5.73 Å². The SMILES string of the molecule is CC(C)CC(CN)(CO)Cc1ccccc1Cl. The van der Waals surface area contributed by atoms with E-state index in [1.165, 1.54) is 0 Å². The first-order valence-electron chi connectivity index (χ1n) is 6.07. The highest BCUT2D eigenvalue weighted by Gasteiger charge is 2.29. The molecule has 3 N–H and O–H groups in total. The summed E-state index contributed by atoms with van der Waals surface area (Å²) in [6.45, 7) is 4.87. The molecule has 0 aromatic heterocycles. The van der Waals surface area contributed by atoms with E-state index < -0.39 is 0 Å². The van der Waals surface area contributed by atoms with Crippen LogP contribution in [0.4, 0.5) is 0 Å². The Morgan fingerprint density at radius 1 is 1.35 bits per heavy atom. The normalized spacial score (nSPS) is 14.9. The molecular weight excluding hydrogens is 234 g/mol. The number of rotatable bonds is 6. The fourth-order valence-corrected chi connectivity index (χ4v) is 2.53. The molecule has 0 saturated heterocycles. The van der Waals surface area contributed by atoms with Crippen molar-refractivity contribution in [3.63, 3.8) is 0 Å². The first kappa shape index (κ1) is 14.5. The predicted octanol–water partition coefficient (Wildman–Crippen LogP) is 2.87. The molecule has 96 valence electrons. The maximum atomic E-state index is 9.65. The van der Waals surface area contributed by atoms with Crippen LogP contribution in [0, 0.1) is 11.3 Å². The zero-order valence-electron chi connectivity index (χ0n) is 10.6. The molecule has 0 bridgehead atoms. The standard InChI is InChI=1S/C14H22ClNO/c1-11(2)7-14(9-16,10-17)8-12-5-3-4-6-13(12)15/h3-6,11,17H,7-10,16H2,1-2H3. The van der Waals surface area contributed by atoms with E-state index in [0.717, 1.165) is 23.4 Å². The molecule has 0 aliphatic heterocycles. The number of nitrogens with two attached hydrogens (primary N) is 1. The van der Waals surface area contributed by atoms with Crippen molar-refractivity contribution in [2.75, 3.05) is 13.2 Å². The second-order valence-corrected chi connectivity index (χ2v) is 5.64. The molecule has 0 fully saturated rings. The zero-order valence-corrected chi connectivity index (χ0v) is 11.4. The minimum atomic E-state index is -0.251. The average molecular weight is 256 g/mol. The molecule has 17 heavy (non-hydrogen) atoms. The van der Waals surface area contributed by atoms with E-state index in [-0.39, 0.29) is 12.0 Å². The molecule has 1 rings (SSSR count). The molecule has 0 radical (unpaired) electrons. The molecule has 0 amide bonds. The van der Waals surface area contributed by atoms with Gasteiger partial charge in [0.2, 0.25) is 0 Å². The summed E-state index contributed by atoms with van der Waals surface area (Å²) in [5.74, 6) is 0.508. The van der Waals surface area contributed by atoms with Crippen LogP contribution in [0.3, 0.4) is 0 Å². The summed E-state index contributed by atoms with van der Waals surface area (Å²) in [5, 5.41) is 10.4.